The molecule has 0 spiro atoms. The highest BCUT2D eigenvalue weighted by Gasteiger charge is 2.30. The number of rotatable bonds is 85. The van der Waals surface area contributed by atoms with E-state index in [0.29, 0.717) is 25.7 Å². The number of aliphatic hydroxyl groups excluding tert-OH is 1. The third kappa shape index (κ3) is 78.5. The van der Waals surface area contributed by atoms with Crippen LogP contribution in [0.2, 0.25) is 0 Å². The van der Waals surface area contributed by atoms with Crippen molar-refractivity contribution in [2.45, 2.75) is 477 Å². The topological polar surface area (TPSA) is 237 Å². The summed E-state index contributed by atoms with van der Waals surface area (Å²) < 4.78 is 68.8. The van der Waals surface area contributed by atoms with Gasteiger partial charge in [0.25, 0.3) is 0 Å². The van der Waals surface area contributed by atoms with Gasteiger partial charge >= 0.3 is 39.5 Å². The molecule has 0 aromatic heterocycles. The molecule has 0 aromatic rings. The maximum absolute atomic E-state index is 13.1. The highest BCUT2D eigenvalue weighted by molar-refractivity contribution is 7.47. The SMILES string of the molecule is CCCCCCCCCCCCCCCCCCCCCCCC(=O)O[C@H](COC(=O)CCCCCCCCCCCCCCCCCCC(C)C)COP(=O)(O)OC[C@@H](O)COP(=O)(O)OC[C@@H](COC(=O)CCCCCCCCC)OC(=O)CCCCCCCCCCCCCCCCC(C)CC. The molecule has 0 aliphatic heterocycles. The van der Waals surface area contributed by atoms with Crippen LogP contribution in [0, 0.1) is 11.8 Å². The number of hydrogen-bond donors (Lipinski definition) is 3. The van der Waals surface area contributed by atoms with Gasteiger partial charge in [0.1, 0.15) is 19.3 Å². The number of carbonyl (C=O) groups excluding carboxylic acids is 4. The summed E-state index contributed by atoms with van der Waals surface area (Å²) in [5.41, 5.74) is 0. The molecule has 0 radical (unpaired) electrons. The van der Waals surface area contributed by atoms with Crippen LogP contribution in [0.15, 0.2) is 0 Å². The molecule has 3 N–H and O–H groups in total. The molecule has 0 amide bonds. The van der Waals surface area contributed by atoms with E-state index in [1.165, 1.54) is 263 Å². The summed E-state index contributed by atoms with van der Waals surface area (Å²) >= 11 is 0. The second-order valence-electron chi connectivity index (χ2n) is 31.6. The van der Waals surface area contributed by atoms with E-state index in [9.17, 15) is 43.2 Å². The van der Waals surface area contributed by atoms with Gasteiger partial charge < -0.3 is 33.8 Å². The lowest BCUT2D eigenvalue weighted by Gasteiger charge is -2.21. The maximum Gasteiger partial charge on any atom is 0.472 e. The van der Waals surface area contributed by atoms with E-state index in [1.807, 2.05) is 0 Å². The number of carbonyl (C=O) groups is 4. The van der Waals surface area contributed by atoms with E-state index in [2.05, 4.69) is 41.5 Å². The van der Waals surface area contributed by atoms with Crippen molar-refractivity contribution in [3.8, 4) is 0 Å². The summed E-state index contributed by atoms with van der Waals surface area (Å²) in [6.07, 6.45) is 69.6. The predicted octanol–water partition coefficient (Wildman–Crippen LogP) is 26.2. The number of unbranched alkanes of at least 4 members (excludes halogenated alkanes) is 54. The van der Waals surface area contributed by atoms with Crippen molar-refractivity contribution in [3.63, 3.8) is 0 Å². The summed E-state index contributed by atoms with van der Waals surface area (Å²) in [7, 11) is -9.92. The average Bonchev–Trinajstić information content (AvgIpc) is 0.935. The Hall–Kier alpha value is -1.94. The molecule has 6 atom stereocenters. The van der Waals surface area contributed by atoms with Crippen LogP contribution in [-0.2, 0) is 65.4 Å². The van der Waals surface area contributed by atoms with Gasteiger partial charge in [0, 0.05) is 25.7 Å². The molecule has 17 nitrogen and oxygen atoms in total. The Morgan fingerprint density at radius 3 is 0.724 bits per heavy atom. The van der Waals surface area contributed by atoms with Crippen molar-refractivity contribution in [3.05, 3.63) is 0 Å². The smallest absolute Gasteiger partial charge is 0.462 e. The van der Waals surface area contributed by atoms with Crippen LogP contribution in [0.3, 0.4) is 0 Å². The lowest BCUT2D eigenvalue weighted by Crippen LogP contribution is -2.30. The van der Waals surface area contributed by atoms with Gasteiger partial charge in [-0.05, 0) is 37.5 Å². The third-order valence-corrected chi connectivity index (χ3v) is 22.5. The molecule has 0 rings (SSSR count). The number of ether oxygens (including phenoxy) is 4. The first-order chi connectivity index (χ1) is 50.9. The first-order valence-corrected chi connectivity index (χ1v) is 47.5. The highest BCUT2D eigenvalue weighted by Crippen LogP contribution is 2.45. The van der Waals surface area contributed by atoms with Crippen LogP contribution in [-0.4, -0.2) is 96.7 Å². The molecule has 0 fully saturated rings. The van der Waals surface area contributed by atoms with Gasteiger partial charge in [-0.3, -0.25) is 37.3 Å². The first kappa shape index (κ1) is 103. The quantitative estimate of drug-likeness (QED) is 0.0222. The van der Waals surface area contributed by atoms with Crippen molar-refractivity contribution in [1.29, 1.82) is 0 Å². The average molecular weight is 1540 g/mol. The Morgan fingerprint density at radius 2 is 0.486 bits per heavy atom. The summed E-state index contributed by atoms with van der Waals surface area (Å²) in [6.45, 7) is 9.71. The van der Waals surface area contributed by atoms with Crippen LogP contribution in [0.25, 0.3) is 0 Å². The minimum absolute atomic E-state index is 0.108. The summed E-state index contributed by atoms with van der Waals surface area (Å²) in [6, 6.07) is 0. The molecule has 0 saturated heterocycles. The molecule has 105 heavy (non-hydrogen) atoms. The van der Waals surface area contributed by atoms with Crippen LogP contribution >= 0.6 is 15.6 Å². The normalized spacial score (nSPS) is 14.1. The van der Waals surface area contributed by atoms with Crippen molar-refractivity contribution >= 4 is 39.5 Å². The van der Waals surface area contributed by atoms with Gasteiger partial charge in [-0.25, -0.2) is 9.13 Å². The van der Waals surface area contributed by atoms with E-state index in [1.54, 1.807) is 0 Å². The fourth-order valence-corrected chi connectivity index (χ4v) is 15.0. The molecule has 0 aliphatic rings. The molecule has 0 bridgehead atoms. The van der Waals surface area contributed by atoms with Crippen LogP contribution in [0.4, 0.5) is 0 Å². The van der Waals surface area contributed by atoms with Crippen molar-refractivity contribution in [1.82, 2.24) is 0 Å². The Kier molecular flexibility index (Phi) is 76.0. The van der Waals surface area contributed by atoms with Crippen molar-refractivity contribution in [2.75, 3.05) is 39.6 Å². The van der Waals surface area contributed by atoms with E-state index < -0.39 is 97.5 Å². The molecule has 0 aliphatic carbocycles. The Bertz CT molecular complexity index is 2010. The molecule has 3 unspecified atom stereocenters. The van der Waals surface area contributed by atoms with Gasteiger partial charge in [-0.1, -0.05) is 408 Å². The number of phosphoric acid groups is 2. The first-order valence-electron chi connectivity index (χ1n) is 44.5. The molecule has 19 heteroatoms. The number of esters is 4. The molecule has 0 saturated carbocycles. The molecular formula is C86H168O17P2. The second kappa shape index (κ2) is 77.4. The van der Waals surface area contributed by atoms with Crippen LogP contribution < -0.4 is 0 Å². The van der Waals surface area contributed by atoms with Crippen molar-refractivity contribution < 1.29 is 80.2 Å². The largest absolute Gasteiger partial charge is 0.472 e. The third-order valence-electron chi connectivity index (χ3n) is 20.6. The van der Waals surface area contributed by atoms with E-state index in [4.69, 9.17) is 37.0 Å². The van der Waals surface area contributed by atoms with Gasteiger partial charge in [-0.2, -0.15) is 0 Å². The Morgan fingerprint density at radius 1 is 0.276 bits per heavy atom. The van der Waals surface area contributed by atoms with Gasteiger partial charge in [0.2, 0.25) is 0 Å². The lowest BCUT2D eigenvalue weighted by atomic mass is 9.99. The van der Waals surface area contributed by atoms with Crippen LogP contribution in [0.1, 0.15) is 459 Å². The standard InChI is InChI=1S/C86H168O17P2/c1-7-10-12-14-16-17-18-19-20-21-22-23-24-25-30-36-41-46-52-58-64-71-86(91)103-82(75-97-84(89)69-63-57-51-45-40-35-29-27-26-28-33-38-43-49-54-60-66-78(4)5)77-101-105(94,95)99-73-80(87)72-98-104(92,93)100-76-81(74-96-83(88)68-62-56-48-15-13-11-8-2)102-85(90)70-65-59-53-47-42-37-32-31-34-39-44-50-55-61-67-79(6)9-3/h78-82,87H,7-77H2,1-6H3,(H,92,93)(H,94,95)/t79?,80-,81+,82+/m0/s1. The summed E-state index contributed by atoms with van der Waals surface area (Å²) in [4.78, 5) is 73.1. The Labute approximate surface area is 645 Å². The lowest BCUT2D eigenvalue weighted by molar-refractivity contribution is -0.161. The minimum atomic E-state index is -4.96. The molecule has 0 aromatic carbocycles. The van der Waals surface area contributed by atoms with E-state index >= 15 is 0 Å². The fourth-order valence-electron chi connectivity index (χ4n) is 13.4. The number of phosphoric ester groups is 2. The number of hydrogen-bond acceptors (Lipinski definition) is 15. The molecule has 624 valence electrons. The molecular weight excluding hydrogens is 1370 g/mol. The van der Waals surface area contributed by atoms with Crippen molar-refractivity contribution in [2.24, 2.45) is 11.8 Å². The monoisotopic (exact) mass is 1540 g/mol. The number of aliphatic hydroxyl groups is 1. The van der Waals surface area contributed by atoms with Gasteiger partial charge in [0.05, 0.1) is 26.4 Å². The fraction of sp³-hybridized carbons (Fsp3) is 0.953. The molecule has 0 heterocycles. The van der Waals surface area contributed by atoms with Gasteiger partial charge in [-0.15, -0.1) is 0 Å². The second-order valence-corrected chi connectivity index (χ2v) is 34.6. The zero-order valence-corrected chi connectivity index (χ0v) is 70.8. The summed E-state index contributed by atoms with van der Waals surface area (Å²) in [5, 5.41) is 10.7. The van der Waals surface area contributed by atoms with Crippen LogP contribution in [0.5, 0.6) is 0 Å². The van der Waals surface area contributed by atoms with E-state index in [-0.39, 0.29) is 25.7 Å². The highest BCUT2D eigenvalue weighted by atomic mass is 31.2. The maximum atomic E-state index is 13.1. The Balaban J connectivity index is 5.16. The minimum Gasteiger partial charge on any atom is -0.462 e. The zero-order chi connectivity index (χ0) is 77.1. The summed E-state index contributed by atoms with van der Waals surface area (Å²) in [5.74, 6) is -0.449. The predicted molar refractivity (Wildman–Crippen MR) is 432 cm³/mol. The van der Waals surface area contributed by atoms with Gasteiger partial charge in [0.15, 0.2) is 12.2 Å². The van der Waals surface area contributed by atoms with E-state index in [0.717, 1.165) is 115 Å². The zero-order valence-electron chi connectivity index (χ0n) is 69.0.